The number of hydrogen-bond donors (Lipinski definition) is 0. The van der Waals surface area contributed by atoms with E-state index in [1.165, 1.54) is 6.61 Å². The Labute approximate surface area is 110 Å². The highest BCUT2D eigenvalue weighted by molar-refractivity contribution is 5.75. The van der Waals surface area contributed by atoms with Crippen LogP contribution in [-0.2, 0) is 19.1 Å². The zero-order valence-electron chi connectivity index (χ0n) is 12.0. The Morgan fingerprint density at radius 3 is 2.39 bits per heavy atom. The third-order valence-corrected chi connectivity index (χ3v) is 2.28. The number of carbonyl (C=O) groups is 2. The summed E-state index contributed by atoms with van der Waals surface area (Å²) in [7, 11) is 0. The lowest BCUT2D eigenvalue weighted by molar-refractivity contribution is -0.153. The Balaban J connectivity index is 3.46. The van der Waals surface area contributed by atoms with Crippen molar-refractivity contribution in [3.8, 4) is 0 Å². The highest BCUT2D eigenvalue weighted by atomic mass is 16.5. The van der Waals surface area contributed by atoms with Gasteiger partial charge < -0.3 is 9.47 Å². The molecule has 0 saturated heterocycles. The van der Waals surface area contributed by atoms with Crippen molar-refractivity contribution >= 4 is 11.9 Å². The van der Waals surface area contributed by atoms with Crippen molar-refractivity contribution in [3.63, 3.8) is 0 Å². The molecule has 4 nitrogen and oxygen atoms in total. The fourth-order valence-corrected chi connectivity index (χ4v) is 1.15. The zero-order chi connectivity index (χ0) is 14.0. The molecule has 105 valence electrons. The van der Waals surface area contributed by atoms with Crippen LogP contribution in [0.25, 0.3) is 0 Å². The van der Waals surface area contributed by atoms with E-state index in [1.807, 2.05) is 0 Å². The molecule has 0 aromatic carbocycles. The van der Waals surface area contributed by atoms with Gasteiger partial charge in [-0.15, -0.1) is 0 Å². The molecule has 0 rings (SSSR count). The van der Waals surface area contributed by atoms with Gasteiger partial charge in [0.2, 0.25) is 0 Å². The first kappa shape index (κ1) is 16.9. The van der Waals surface area contributed by atoms with Gasteiger partial charge >= 0.3 is 11.9 Å². The van der Waals surface area contributed by atoms with Crippen molar-refractivity contribution in [1.29, 1.82) is 0 Å². The van der Waals surface area contributed by atoms with Gasteiger partial charge in [-0.3, -0.25) is 9.59 Å². The van der Waals surface area contributed by atoms with Gasteiger partial charge in [0.15, 0.2) is 0 Å². The molecule has 18 heavy (non-hydrogen) atoms. The zero-order valence-corrected chi connectivity index (χ0v) is 12.0. The first-order valence-corrected chi connectivity index (χ1v) is 6.56. The smallest absolute Gasteiger partial charge is 0.311 e. The first-order valence-electron chi connectivity index (χ1n) is 6.56. The maximum Gasteiger partial charge on any atom is 0.311 e. The van der Waals surface area contributed by atoms with Gasteiger partial charge in [-0.05, 0) is 27.2 Å². The topological polar surface area (TPSA) is 52.6 Å². The van der Waals surface area contributed by atoms with E-state index in [0.717, 1.165) is 19.3 Å². The fraction of sp³-hybridized carbons (Fsp3) is 0.786. The van der Waals surface area contributed by atoms with Gasteiger partial charge in [0.25, 0.3) is 0 Å². The van der Waals surface area contributed by atoms with Gasteiger partial charge in [0.1, 0.15) is 6.61 Å². The second-order valence-corrected chi connectivity index (χ2v) is 5.29. The molecule has 0 aliphatic carbocycles. The standard InChI is InChI=1S/C14H25O4/c1-5-6-7-9-12(15)17-10-8-11-18-13(16)14(2,3)4/h10H,5-9,11H2,1-4H3. The minimum atomic E-state index is -0.489. The van der Waals surface area contributed by atoms with Gasteiger partial charge in [-0.25, -0.2) is 0 Å². The summed E-state index contributed by atoms with van der Waals surface area (Å²) >= 11 is 0. The van der Waals surface area contributed by atoms with Crippen LogP contribution in [0.3, 0.4) is 0 Å². The van der Waals surface area contributed by atoms with E-state index >= 15 is 0 Å². The minimum Gasteiger partial charge on any atom is -0.465 e. The SMILES string of the molecule is CCCCCC(=O)O[CH]CCOC(=O)C(C)(C)C. The van der Waals surface area contributed by atoms with Crippen molar-refractivity contribution in [2.45, 2.75) is 59.8 Å². The van der Waals surface area contributed by atoms with Crippen LogP contribution in [0.5, 0.6) is 0 Å². The normalized spacial score (nSPS) is 11.1. The van der Waals surface area contributed by atoms with Crippen molar-refractivity contribution in [3.05, 3.63) is 6.61 Å². The number of ether oxygens (including phenoxy) is 2. The Hall–Kier alpha value is -1.06. The van der Waals surface area contributed by atoms with Gasteiger partial charge in [-0.2, -0.15) is 0 Å². The lowest BCUT2D eigenvalue weighted by atomic mass is 9.97. The summed E-state index contributed by atoms with van der Waals surface area (Å²) in [4.78, 5) is 22.6. The van der Waals surface area contributed by atoms with Crippen LogP contribution in [-0.4, -0.2) is 18.5 Å². The highest BCUT2D eigenvalue weighted by Crippen LogP contribution is 2.15. The third-order valence-electron chi connectivity index (χ3n) is 2.28. The summed E-state index contributed by atoms with van der Waals surface area (Å²) in [6.45, 7) is 9.13. The van der Waals surface area contributed by atoms with E-state index in [9.17, 15) is 9.59 Å². The van der Waals surface area contributed by atoms with Gasteiger partial charge in [0, 0.05) is 12.8 Å². The largest absolute Gasteiger partial charge is 0.465 e. The molecule has 0 aromatic rings. The molecule has 0 saturated carbocycles. The van der Waals surface area contributed by atoms with Crippen LogP contribution >= 0.6 is 0 Å². The molecule has 0 aliphatic rings. The number of hydrogen-bond acceptors (Lipinski definition) is 4. The van der Waals surface area contributed by atoms with E-state index in [1.54, 1.807) is 20.8 Å². The van der Waals surface area contributed by atoms with Crippen LogP contribution in [0.15, 0.2) is 0 Å². The summed E-state index contributed by atoms with van der Waals surface area (Å²) in [6, 6.07) is 0. The molecule has 0 unspecified atom stereocenters. The number of rotatable bonds is 8. The van der Waals surface area contributed by atoms with Gasteiger partial charge in [0.05, 0.1) is 12.0 Å². The average Bonchev–Trinajstić information content (AvgIpc) is 2.27. The number of esters is 2. The van der Waals surface area contributed by atoms with Gasteiger partial charge in [-0.1, -0.05) is 19.8 Å². The Morgan fingerprint density at radius 2 is 1.83 bits per heavy atom. The molecule has 0 aliphatic heterocycles. The number of unbranched alkanes of at least 4 members (excludes halogenated alkanes) is 2. The minimum absolute atomic E-state index is 0.217. The van der Waals surface area contributed by atoms with Crippen LogP contribution in [0, 0.1) is 12.0 Å². The maximum atomic E-state index is 11.4. The molecular weight excluding hydrogens is 232 g/mol. The molecule has 0 bridgehead atoms. The van der Waals surface area contributed by atoms with Crippen LogP contribution in [0.1, 0.15) is 59.8 Å². The second-order valence-electron chi connectivity index (χ2n) is 5.29. The molecule has 0 atom stereocenters. The molecule has 0 amide bonds. The Morgan fingerprint density at radius 1 is 1.17 bits per heavy atom. The van der Waals surface area contributed by atoms with E-state index in [4.69, 9.17) is 9.47 Å². The third kappa shape index (κ3) is 9.02. The molecule has 1 radical (unpaired) electrons. The maximum absolute atomic E-state index is 11.4. The number of carbonyl (C=O) groups excluding carboxylic acids is 2. The predicted octanol–water partition coefficient (Wildman–Crippen LogP) is 3.25. The van der Waals surface area contributed by atoms with Crippen LogP contribution < -0.4 is 0 Å². The lowest BCUT2D eigenvalue weighted by Crippen LogP contribution is -2.23. The molecule has 0 spiro atoms. The quantitative estimate of drug-likeness (QED) is 0.495. The fourth-order valence-electron chi connectivity index (χ4n) is 1.15. The lowest BCUT2D eigenvalue weighted by Gasteiger charge is -2.16. The molecule has 4 heteroatoms. The monoisotopic (exact) mass is 257 g/mol. The van der Waals surface area contributed by atoms with E-state index < -0.39 is 5.41 Å². The van der Waals surface area contributed by atoms with Crippen LogP contribution in [0.4, 0.5) is 0 Å². The summed E-state index contributed by atoms with van der Waals surface area (Å²) in [5.74, 6) is -0.462. The summed E-state index contributed by atoms with van der Waals surface area (Å²) in [5, 5.41) is 0. The van der Waals surface area contributed by atoms with E-state index in [-0.39, 0.29) is 18.5 Å². The molecule has 0 heterocycles. The molecule has 0 fully saturated rings. The molecule has 0 N–H and O–H groups in total. The predicted molar refractivity (Wildman–Crippen MR) is 69.6 cm³/mol. The van der Waals surface area contributed by atoms with Crippen molar-refractivity contribution in [1.82, 2.24) is 0 Å². The molecule has 0 aromatic heterocycles. The second kappa shape index (κ2) is 8.95. The van der Waals surface area contributed by atoms with Crippen molar-refractivity contribution in [2.24, 2.45) is 5.41 Å². The van der Waals surface area contributed by atoms with Crippen molar-refractivity contribution < 1.29 is 19.1 Å². The summed E-state index contributed by atoms with van der Waals surface area (Å²) < 4.78 is 9.93. The summed E-state index contributed by atoms with van der Waals surface area (Å²) in [5.41, 5.74) is -0.489. The van der Waals surface area contributed by atoms with Crippen LogP contribution in [0.2, 0.25) is 0 Å². The Bertz CT molecular complexity index is 253. The Kier molecular flexibility index (Phi) is 8.42. The first-order chi connectivity index (χ1) is 8.38. The summed E-state index contributed by atoms with van der Waals surface area (Å²) in [6.07, 6.45) is 3.87. The average molecular weight is 257 g/mol. The van der Waals surface area contributed by atoms with E-state index in [2.05, 4.69) is 6.92 Å². The molecular formula is C14H25O4. The van der Waals surface area contributed by atoms with Crippen molar-refractivity contribution in [2.75, 3.05) is 6.61 Å². The van der Waals surface area contributed by atoms with E-state index in [0.29, 0.717) is 12.8 Å². The highest BCUT2D eigenvalue weighted by Gasteiger charge is 2.22.